The van der Waals surface area contributed by atoms with Crippen LogP contribution in [-0.2, 0) is 6.42 Å². The molecule has 5 nitrogen and oxygen atoms in total. The largest absolute Gasteiger partial charge is 0.478 e. The minimum atomic E-state index is -0.876. The van der Waals surface area contributed by atoms with E-state index in [-0.39, 0.29) is 0 Å². The molecule has 5 heteroatoms. The van der Waals surface area contributed by atoms with E-state index >= 15 is 0 Å². The van der Waals surface area contributed by atoms with Crippen LogP contribution in [0.4, 0.5) is 5.82 Å². The molecule has 0 bridgehead atoms. The summed E-state index contributed by atoms with van der Waals surface area (Å²) in [6.45, 7) is 5.06. The quantitative estimate of drug-likeness (QED) is 0.777. The van der Waals surface area contributed by atoms with Crippen LogP contribution in [0.1, 0.15) is 65.7 Å². The molecule has 1 aromatic carbocycles. The summed E-state index contributed by atoms with van der Waals surface area (Å²) in [4.78, 5) is 19.9. The topological polar surface area (TPSA) is 78.0 Å². The second-order valence-corrected chi connectivity index (χ2v) is 7.62. The number of nitrogens with one attached hydrogen (secondary N) is 2. The van der Waals surface area contributed by atoms with E-state index in [1.807, 2.05) is 13.0 Å². The molecule has 2 aliphatic rings. The van der Waals surface area contributed by atoms with Crippen molar-refractivity contribution in [3.63, 3.8) is 0 Å². The lowest BCUT2D eigenvalue weighted by atomic mass is 9.77. The van der Waals surface area contributed by atoms with Crippen molar-refractivity contribution in [2.45, 2.75) is 51.9 Å². The fraction of sp³-hybridized carbons (Fsp3) is 0.500. The van der Waals surface area contributed by atoms with Gasteiger partial charge in [0.1, 0.15) is 11.6 Å². The van der Waals surface area contributed by atoms with Crippen LogP contribution in [0.25, 0.3) is 11.4 Å². The molecule has 0 saturated heterocycles. The minimum Gasteiger partial charge on any atom is -0.478 e. The maximum atomic E-state index is 11.6. The van der Waals surface area contributed by atoms with Crippen LogP contribution in [0.3, 0.4) is 0 Å². The number of carboxylic acid groups (broad SMARTS) is 1. The van der Waals surface area contributed by atoms with E-state index in [1.165, 1.54) is 24.8 Å². The molecule has 1 aliphatic heterocycles. The molecule has 1 unspecified atom stereocenters. The number of anilines is 1. The van der Waals surface area contributed by atoms with E-state index < -0.39 is 5.97 Å². The Morgan fingerprint density at radius 3 is 2.76 bits per heavy atom. The van der Waals surface area contributed by atoms with Gasteiger partial charge >= 0.3 is 5.97 Å². The number of hydrogen-bond acceptors (Lipinski definition) is 3. The summed E-state index contributed by atoms with van der Waals surface area (Å²) >= 11 is 0. The Morgan fingerprint density at radius 1 is 1.28 bits per heavy atom. The molecule has 4 rings (SSSR count). The number of hydrogen-bond donors (Lipinski definition) is 3. The highest BCUT2D eigenvalue weighted by Crippen LogP contribution is 2.42. The molecule has 1 fully saturated rings. The van der Waals surface area contributed by atoms with Crippen molar-refractivity contribution in [3.05, 3.63) is 34.5 Å². The normalized spacial score (nSPS) is 20.3. The molecule has 1 atom stereocenters. The van der Waals surface area contributed by atoms with E-state index in [0.717, 1.165) is 47.8 Å². The van der Waals surface area contributed by atoms with Gasteiger partial charge in [-0.1, -0.05) is 19.4 Å². The lowest BCUT2D eigenvalue weighted by molar-refractivity contribution is 0.0696. The molecule has 2 aromatic rings. The van der Waals surface area contributed by atoms with Crippen LogP contribution in [0.5, 0.6) is 0 Å². The first kappa shape index (κ1) is 16.2. The summed E-state index contributed by atoms with van der Waals surface area (Å²) in [5.74, 6) is 2.01. The summed E-state index contributed by atoms with van der Waals surface area (Å²) < 4.78 is 0. The van der Waals surface area contributed by atoms with Crippen molar-refractivity contribution < 1.29 is 9.90 Å². The number of H-pyrrole nitrogens is 1. The minimum absolute atomic E-state index is 0.367. The highest BCUT2D eigenvalue weighted by molar-refractivity contribution is 5.91. The first-order valence-corrected chi connectivity index (χ1v) is 9.24. The van der Waals surface area contributed by atoms with E-state index in [0.29, 0.717) is 17.4 Å². The van der Waals surface area contributed by atoms with Crippen LogP contribution >= 0.6 is 0 Å². The van der Waals surface area contributed by atoms with E-state index in [2.05, 4.69) is 23.3 Å². The predicted octanol–water partition coefficient (Wildman–Crippen LogP) is 4.35. The molecule has 0 spiro atoms. The molecule has 2 heterocycles. The van der Waals surface area contributed by atoms with Gasteiger partial charge in [-0.25, -0.2) is 9.78 Å². The number of benzene rings is 1. The van der Waals surface area contributed by atoms with E-state index in [1.54, 1.807) is 0 Å². The molecule has 0 radical (unpaired) electrons. The second-order valence-electron chi connectivity index (χ2n) is 7.62. The third kappa shape index (κ3) is 2.92. The Balaban J connectivity index is 1.80. The fourth-order valence-corrected chi connectivity index (χ4v) is 3.85. The summed E-state index contributed by atoms with van der Waals surface area (Å²) in [5.41, 5.74) is 4.53. The van der Waals surface area contributed by atoms with Gasteiger partial charge in [0.15, 0.2) is 0 Å². The molecular formula is C20H25N3O2. The number of nitrogens with zero attached hydrogens (tertiary/aromatic N) is 1. The monoisotopic (exact) mass is 339 g/mol. The van der Waals surface area contributed by atoms with E-state index in [4.69, 9.17) is 4.98 Å². The molecular weight excluding hydrogens is 314 g/mol. The van der Waals surface area contributed by atoms with Gasteiger partial charge in [-0.3, -0.25) is 0 Å². The maximum Gasteiger partial charge on any atom is 0.335 e. The molecule has 1 saturated carbocycles. The van der Waals surface area contributed by atoms with Crippen LogP contribution < -0.4 is 5.32 Å². The zero-order valence-electron chi connectivity index (χ0n) is 14.9. The number of aromatic amines is 1. The highest BCUT2D eigenvalue weighted by atomic mass is 16.4. The average Bonchev–Trinajstić information content (AvgIpc) is 2.84. The van der Waals surface area contributed by atoms with E-state index in [9.17, 15) is 9.90 Å². The molecule has 25 heavy (non-hydrogen) atoms. The average molecular weight is 339 g/mol. The van der Waals surface area contributed by atoms with Crippen LogP contribution in [-0.4, -0.2) is 27.6 Å². The SMILES string of the molecule is Cc1cc(C2CCC2)c(-c2nc3c([nH]2)CCC(C)CN3)cc1C(=O)O. The Kier molecular flexibility index (Phi) is 4.02. The van der Waals surface area contributed by atoms with Gasteiger partial charge in [0.2, 0.25) is 0 Å². The van der Waals surface area contributed by atoms with Crippen molar-refractivity contribution in [1.29, 1.82) is 0 Å². The number of rotatable bonds is 3. The molecule has 1 aromatic heterocycles. The molecule has 1 aliphatic carbocycles. The standard InChI is InChI=1S/C20H25N3O2/c1-11-6-7-17-19(21-10-11)23-18(22-17)16-9-14(20(24)25)12(2)8-15(16)13-4-3-5-13/h8-9,11,13,21H,3-7,10H2,1-2H3,(H,22,23)(H,24,25). The van der Waals surface area contributed by atoms with Gasteiger partial charge < -0.3 is 15.4 Å². The highest BCUT2D eigenvalue weighted by Gasteiger charge is 2.27. The summed E-state index contributed by atoms with van der Waals surface area (Å²) in [6.07, 6.45) is 5.71. The summed E-state index contributed by atoms with van der Waals surface area (Å²) in [5, 5.41) is 13.0. The summed E-state index contributed by atoms with van der Waals surface area (Å²) in [7, 11) is 0. The first-order valence-electron chi connectivity index (χ1n) is 9.24. The van der Waals surface area contributed by atoms with Crippen molar-refractivity contribution in [2.24, 2.45) is 5.92 Å². The third-order valence-electron chi connectivity index (χ3n) is 5.71. The fourth-order valence-electron chi connectivity index (χ4n) is 3.85. The Hall–Kier alpha value is -2.30. The zero-order valence-corrected chi connectivity index (χ0v) is 14.9. The Labute approximate surface area is 147 Å². The molecule has 132 valence electrons. The van der Waals surface area contributed by atoms with Gasteiger partial charge in [0.25, 0.3) is 0 Å². The summed E-state index contributed by atoms with van der Waals surface area (Å²) in [6, 6.07) is 3.87. The number of carboxylic acids is 1. The number of imidazole rings is 1. The van der Waals surface area contributed by atoms with Crippen LogP contribution in [0.15, 0.2) is 12.1 Å². The number of aromatic carboxylic acids is 1. The third-order valence-corrected chi connectivity index (χ3v) is 5.71. The number of fused-ring (bicyclic) bond motifs is 1. The van der Waals surface area contributed by atoms with Crippen molar-refractivity contribution >= 4 is 11.8 Å². The Bertz CT molecular complexity index is 795. The number of aryl methyl sites for hydroxylation is 2. The van der Waals surface area contributed by atoms with Crippen LogP contribution in [0.2, 0.25) is 0 Å². The smallest absolute Gasteiger partial charge is 0.335 e. The van der Waals surface area contributed by atoms with Gasteiger partial charge in [0.05, 0.1) is 11.3 Å². The van der Waals surface area contributed by atoms with Crippen molar-refractivity contribution in [1.82, 2.24) is 9.97 Å². The maximum absolute atomic E-state index is 11.6. The van der Waals surface area contributed by atoms with Crippen LogP contribution in [0, 0.1) is 12.8 Å². The van der Waals surface area contributed by atoms with Gasteiger partial charge in [-0.05, 0) is 61.6 Å². The Morgan fingerprint density at radius 2 is 2.08 bits per heavy atom. The van der Waals surface area contributed by atoms with Gasteiger partial charge in [0, 0.05) is 12.1 Å². The van der Waals surface area contributed by atoms with Gasteiger partial charge in [-0.15, -0.1) is 0 Å². The van der Waals surface area contributed by atoms with Crippen molar-refractivity contribution in [2.75, 3.05) is 11.9 Å². The second kappa shape index (κ2) is 6.21. The number of carbonyl (C=O) groups is 1. The predicted molar refractivity (Wildman–Crippen MR) is 98.3 cm³/mol. The molecule has 3 N–H and O–H groups in total. The zero-order chi connectivity index (χ0) is 17.6. The lowest BCUT2D eigenvalue weighted by Crippen LogP contribution is -2.12. The first-order chi connectivity index (χ1) is 12.0. The lowest BCUT2D eigenvalue weighted by Gasteiger charge is -2.28. The number of aromatic nitrogens is 2. The molecule has 0 amide bonds. The van der Waals surface area contributed by atoms with Gasteiger partial charge in [-0.2, -0.15) is 0 Å². The van der Waals surface area contributed by atoms with Crippen molar-refractivity contribution in [3.8, 4) is 11.4 Å².